The van der Waals surface area contributed by atoms with Gasteiger partial charge in [0.2, 0.25) is 0 Å². The van der Waals surface area contributed by atoms with Crippen LogP contribution in [0.5, 0.6) is 0 Å². The summed E-state index contributed by atoms with van der Waals surface area (Å²) in [5.74, 6) is 5.07. The lowest BCUT2D eigenvalue weighted by atomic mass is 9.77. The molecule has 1 heterocycles. The minimum absolute atomic E-state index is 0.0382. The lowest BCUT2D eigenvalue weighted by Gasteiger charge is -2.35. The summed E-state index contributed by atoms with van der Waals surface area (Å²) < 4.78 is 5.26. The zero-order chi connectivity index (χ0) is 10.4. The second kappa shape index (κ2) is 5.02. The highest BCUT2D eigenvalue weighted by molar-refractivity contribution is 5.79. The molecule has 14 heavy (non-hydrogen) atoms. The van der Waals surface area contributed by atoms with Gasteiger partial charge in [-0.2, -0.15) is 0 Å². The lowest BCUT2D eigenvalue weighted by molar-refractivity contribution is 0.0223. The van der Waals surface area contributed by atoms with E-state index in [2.05, 4.69) is 10.3 Å². The van der Waals surface area contributed by atoms with Crippen LogP contribution < -0.4 is 11.6 Å². The van der Waals surface area contributed by atoms with Gasteiger partial charge in [0.15, 0.2) is 0 Å². The van der Waals surface area contributed by atoms with Gasteiger partial charge >= 0.3 is 0 Å². The molecule has 80 valence electrons. The molecule has 1 aliphatic heterocycles. The fourth-order valence-electron chi connectivity index (χ4n) is 1.72. The summed E-state index contributed by atoms with van der Waals surface area (Å²) in [7, 11) is 0. The largest absolute Gasteiger partial charge is 0.381 e. The van der Waals surface area contributed by atoms with Crippen molar-refractivity contribution >= 4 is 5.84 Å². The van der Waals surface area contributed by atoms with Crippen LogP contribution in [-0.2, 0) is 4.74 Å². The van der Waals surface area contributed by atoms with Gasteiger partial charge in [-0.05, 0) is 24.8 Å². The summed E-state index contributed by atoms with van der Waals surface area (Å²) in [6.45, 7) is 1.98. The van der Waals surface area contributed by atoms with Crippen molar-refractivity contribution in [2.24, 2.45) is 27.3 Å². The fourth-order valence-corrected chi connectivity index (χ4v) is 1.72. The van der Waals surface area contributed by atoms with Crippen LogP contribution in [0.2, 0.25) is 0 Å². The Hall–Kier alpha value is -1.01. The Morgan fingerprint density at radius 3 is 2.57 bits per heavy atom. The van der Waals surface area contributed by atoms with Crippen LogP contribution >= 0.6 is 0 Å². The van der Waals surface area contributed by atoms with Crippen LogP contribution in [0.15, 0.2) is 10.3 Å². The first-order chi connectivity index (χ1) is 6.72. The zero-order valence-corrected chi connectivity index (χ0v) is 8.20. The Labute approximate surface area is 83.2 Å². The molecule has 1 rings (SSSR count). The van der Waals surface area contributed by atoms with Crippen molar-refractivity contribution in [3.8, 4) is 0 Å². The smallest absolute Gasteiger partial charge is 0.145 e. The summed E-state index contributed by atoms with van der Waals surface area (Å²) in [6, 6.07) is 0. The first-order valence-electron chi connectivity index (χ1n) is 4.69. The zero-order valence-electron chi connectivity index (χ0n) is 8.20. The minimum Gasteiger partial charge on any atom is -0.381 e. The molecule has 0 aliphatic carbocycles. The van der Waals surface area contributed by atoms with E-state index < -0.39 is 0 Å². The average Bonchev–Trinajstić information content (AvgIpc) is 2.19. The van der Waals surface area contributed by atoms with Gasteiger partial charge in [0.25, 0.3) is 0 Å². The van der Waals surface area contributed by atoms with E-state index in [9.17, 15) is 0 Å². The number of hydrogen-bond acceptors (Lipinski definition) is 4. The van der Waals surface area contributed by atoms with Gasteiger partial charge in [-0.3, -0.25) is 5.41 Å². The van der Waals surface area contributed by atoms with Crippen molar-refractivity contribution in [3.63, 3.8) is 0 Å². The van der Waals surface area contributed by atoms with Gasteiger partial charge in [-0.15, -0.1) is 5.11 Å². The monoisotopic (exact) mass is 199 g/mol. The third-order valence-electron chi connectivity index (χ3n) is 2.71. The number of nitrogens with zero attached hydrogens (tertiary/aromatic N) is 2. The fraction of sp³-hybridized carbons (Fsp3) is 0.875. The van der Waals surface area contributed by atoms with Crippen LogP contribution in [-0.4, -0.2) is 25.6 Å². The number of hydrogen-bond donors (Lipinski definition) is 3. The normalized spacial score (nSPS) is 21.2. The molecular formula is C8H17N5O. The standard InChI is InChI=1S/C8H17N5O/c9-6-8(1-3-14-4-2-8)5-7(10)12-13-11/h1-6,9H2,(H3,10,11,12). The SMILES string of the molecule is N=C(CC1(CN)CCOCC1)N=NN. The van der Waals surface area contributed by atoms with Gasteiger partial charge < -0.3 is 16.3 Å². The van der Waals surface area contributed by atoms with Crippen molar-refractivity contribution in [1.82, 2.24) is 0 Å². The molecule has 0 atom stereocenters. The quantitative estimate of drug-likeness (QED) is 0.201. The molecule has 0 radical (unpaired) electrons. The first-order valence-corrected chi connectivity index (χ1v) is 4.69. The Morgan fingerprint density at radius 1 is 1.43 bits per heavy atom. The predicted octanol–water partition coefficient (Wildman–Crippen LogP) is 0.435. The molecule has 0 aromatic carbocycles. The van der Waals surface area contributed by atoms with Crippen molar-refractivity contribution in [2.45, 2.75) is 19.3 Å². The Morgan fingerprint density at radius 2 is 2.07 bits per heavy atom. The lowest BCUT2D eigenvalue weighted by Crippen LogP contribution is -2.38. The molecule has 1 aliphatic rings. The van der Waals surface area contributed by atoms with Crippen molar-refractivity contribution in [3.05, 3.63) is 0 Å². The highest BCUT2D eigenvalue weighted by atomic mass is 16.5. The molecule has 0 aromatic rings. The molecule has 6 heteroatoms. The van der Waals surface area contributed by atoms with E-state index in [1.807, 2.05) is 0 Å². The van der Waals surface area contributed by atoms with E-state index >= 15 is 0 Å². The molecule has 0 spiro atoms. The summed E-state index contributed by atoms with van der Waals surface area (Å²) in [5.41, 5.74) is 5.69. The van der Waals surface area contributed by atoms with Gasteiger partial charge in [-0.1, -0.05) is 5.22 Å². The van der Waals surface area contributed by atoms with Crippen LogP contribution in [0.3, 0.4) is 0 Å². The van der Waals surface area contributed by atoms with Gasteiger partial charge in [0, 0.05) is 19.6 Å². The summed E-state index contributed by atoms with van der Waals surface area (Å²) in [5, 5.41) is 14.1. The summed E-state index contributed by atoms with van der Waals surface area (Å²) >= 11 is 0. The van der Waals surface area contributed by atoms with Crippen LogP contribution in [0, 0.1) is 10.8 Å². The number of rotatable bonds is 3. The maximum absolute atomic E-state index is 7.52. The van der Waals surface area contributed by atoms with Crippen LogP contribution in [0.25, 0.3) is 0 Å². The first kappa shape index (κ1) is 11.1. The van der Waals surface area contributed by atoms with Gasteiger partial charge in [0.1, 0.15) is 5.84 Å². The van der Waals surface area contributed by atoms with Crippen LogP contribution in [0.4, 0.5) is 0 Å². The molecule has 0 saturated carbocycles. The third-order valence-corrected chi connectivity index (χ3v) is 2.71. The molecule has 0 amide bonds. The van der Waals surface area contributed by atoms with E-state index in [-0.39, 0.29) is 11.3 Å². The van der Waals surface area contributed by atoms with E-state index in [1.54, 1.807) is 0 Å². The molecule has 5 N–H and O–H groups in total. The third kappa shape index (κ3) is 2.74. The van der Waals surface area contributed by atoms with Crippen LogP contribution in [0.1, 0.15) is 19.3 Å². The van der Waals surface area contributed by atoms with E-state index in [0.29, 0.717) is 26.2 Å². The second-order valence-corrected chi connectivity index (χ2v) is 3.66. The Balaban J connectivity index is 2.55. The summed E-state index contributed by atoms with van der Waals surface area (Å²) in [4.78, 5) is 0. The predicted molar refractivity (Wildman–Crippen MR) is 52.9 cm³/mol. The van der Waals surface area contributed by atoms with E-state index in [4.69, 9.17) is 21.7 Å². The molecular weight excluding hydrogens is 182 g/mol. The van der Waals surface area contributed by atoms with Crippen molar-refractivity contribution < 1.29 is 4.74 Å². The Kier molecular flexibility index (Phi) is 3.97. The maximum atomic E-state index is 7.52. The highest BCUT2D eigenvalue weighted by Crippen LogP contribution is 2.33. The number of amidine groups is 1. The number of ether oxygens (including phenoxy) is 1. The molecule has 0 unspecified atom stereocenters. The second-order valence-electron chi connectivity index (χ2n) is 3.66. The molecule has 1 fully saturated rings. The van der Waals surface area contributed by atoms with Crippen molar-refractivity contribution in [2.75, 3.05) is 19.8 Å². The molecule has 6 nitrogen and oxygen atoms in total. The Bertz CT molecular complexity index is 222. The maximum Gasteiger partial charge on any atom is 0.145 e. The van der Waals surface area contributed by atoms with Crippen molar-refractivity contribution in [1.29, 1.82) is 5.41 Å². The molecule has 0 aromatic heterocycles. The molecule has 0 bridgehead atoms. The van der Waals surface area contributed by atoms with Gasteiger partial charge in [-0.25, -0.2) is 0 Å². The average molecular weight is 199 g/mol. The highest BCUT2D eigenvalue weighted by Gasteiger charge is 2.32. The van der Waals surface area contributed by atoms with E-state index in [1.165, 1.54) is 0 Å². The van der Waals surface area contributed by atoms with E-state index in [0.717, 1.165) is 12.8 Å². The summed E-state index contributed by atoms with van der Waals surface area (Å²) in [6.07, 6.45) is 2.30. The van der Waals surface area contributed by atoms with Gasteiger partial charge in [0.05, 0.1) is 0 Å². The number of nitrogens with two attached hydrogens (primary N) is 2. The molecule has 1 saturated heterocycles. The number of nitrogens with one attached hydrogen (secondary N) is 1. The topological polar surface area (TPSA) is 110 Å². The minimum atomic E-state index is -0.0382.